The number of halogens is 2. The van der Waals surface area contributed by atoms with Crippen molar-refractivity contribution in [1.29, 1.82) is 0 Å². The number of benzene rings is 1. The highest BCUT2D eigenvalue weighted by Crippen LogP contribution is 2.24. The summed E-state index contributed by atoms with van der Waals surface area (Å²) in [5.74, 6) is -0.431. The quantitative estimate of drug-likeness (QED) is 0.792. The van der Waals surface area contributed by atoms with E-state index in [9.17, 15) is 9.18 Å². The van der Waals surface area contributed by atoms with E-state index in [1.54, 1.807) is 12.1 Å². The third kappa shape index (κ3) is 3.13. The number of rotatable bonds is 4. The number of Topliss-reactive ketones (excluding diaryl/α,β-unsaturated/α-hetero) is 1. The molecule has 1 aliphatic heterocycles. The van der Waals surface area contributed by atoms with Crippen molar-refractivity contribution in [1.82, 2.24) is 0 Å². The molecule has 0 spiro atoms. The Kier molecular flexibility index (Phi) is 4.29. The molecule has 1 unspecified atom stereocenters. The predicted octanol–water partition coefficient (Wildman–Crippen LogP) is 3.73. The Hall–Kier alpha value is -0.740. The van der Waals surface area contributed by atoms with Gasteiger partial charge < -0.3 is 4.74 Å². The van der Waals surface area contributed by atoms with Crippen molar-refractivity contribution in [3.05, 3.63) is 34.1 Å². The van der Waals surface area contributed by atoms with E-state index in [0.29, 0.717) is 12.0 Å². The van der Waals surface area contributed by atoms with Crippen LogP contribution in [-0.4, -0.2) is 18.5 Å². The fraction of sp³-hybridized carbons (Fsp3) is 0.462. The Balaban J connectivity index is 1.97. The zero-order valence-electron chi connectivity index (χ0n) is 9.42. The topological polar surface area (TPSA) is 26.3 Å². The highest BCUT2D eigenvalue weighted by molar-refractivity contribution is 9.10. The molecule has 0 aliphatic carbocycles. The second-order valence-corrected chi connectivity index (χ2v) is 4.99. The van der Waals surface area contributed by atoms with E-state index in [2.05, 4.69) is 15.9 Å². The summed E-state index contributed by atoms with van der Waals surface area (Å²) in [6.07, 6.45) is 3.43. The molecule has 1 saturated heterocycles. The summed E-state index contributed by atoms with van der Waals surface area (Å²) in [5.41, 5.74) is 0.419. The maximum absolute atomic E-state index is 13.3. The van der Waals surface area contributed by atoms with E-state index in [-0.39, 0.29) is 16.4 Å². The van der Waals surface area contributed by atoms with Crippen LogP contribution in [0.25, 0.3) is 0 Å². The molecule has 0 amide bonds. The Morgan fingerprint density at radius 2 is 2.35 bits per heavy atom. The van der Waals surface area contributed by atoms with Crippen LogP contribution in [0.15, 0.2) is 22.7 Å². The van der Waals surface area contributed by atoms with Crippen LogP contribution >= 0.6 is 15.9 Å². The van der Waals surface area contributed by atoms with Gasteiger partial charge in [-0.2, -0.15) is 0 Å². The van der Waals surface area contributed by atoms with Crippen LogP contribution < -0.4 is 0 Å². The van der Waals surface area contributed by atoms with Crippen LogP contribution in [0.1, 0.15) is 36.0 Å². The molecule has 1 heterocycles. The largest absolute Gasteiger partial charge is 0.378 e. The van der Waals surface area contributed by atoms with Crippen LogP contribution in [0.5, 0.6) is 0 Å². The highest BCUT2D eigenvalue weighted by atomic mass is 79.9. The summed E-state index contributed by atoms with van der Waals surface area (Å²) in [5, 5.41) is 0. The molecule has 17 heavy (non-hydrogen) atoms. The molecule has 0 bridgehead atoms. The molecule has 0 aromatic heterocycles. The minimum atomic E-state index is -0.395. The van der Waals surface area contributed by atoms with E-state index in [4.69, 9.17) is 4.74 Å². The van der Waals surface area contributed by atoms with Crippen molar-refractivity contribution in [2.75, 3.05) is 6.61 Å². The molecule has 2 rings (SSSR count). The minimum Gasteiger partial charge on any atom is -0.378 e. The highest BCUT2D eigenvalue weighted by Gasteiger charge is 2.18. The molecule has 4 heteroatoms. The van der Waals surface area contributed by atoms with Gasteiger partial charge in [0.15, 0.2) is 5.78 Å². The number of ether oxygens (including phenoxy) is 1. The number of hydrogen-bond acceptors (Lipinski definition) is 2. The van der Waals surface area contributed by atoms with Crippen molar-refractivity contribution >= 4 is 21.7 Å². The normalized spacial score (nSPS) is 19.5. The van der Waals surface area contributed by atoms with Crippen molar-refractivity contribution < 1.29 is 13.9 Å². The van der Waals surface area contributed by atoms with Gasteiger partial charge in [-0.3, -0.25) is 4.79 Å². The third-order valence-corrected chi connectivity index (χ3v) is 3.78. The molecule has 1 atom stereocenters. The van der Waals surface area contributed by atoms with Crippen molar-refractivity contribution in [3.63, 3.8) is 0 Å². The zero-order chi connectivity index (χ0) is 12.3. The molecular formula is C13H14BrFO2. The van der Waals surface area contributed by atoms with Gasteiger partial charge in [0.2, 0.25) is 0 Å². The maximum atomic E-state index is 13.3. The van der Waals surface area contributed by atoms with E-state index >= 15 is 0 Å². The lowest BCUT2D eigenvalue weighted by Gasteiger charge is -2.09. The molecule has 1 aromatic carbocycles. The molecule has 0 saturated carbocycles. The van der Waals surface area contributed by atoms with E-state index in [1.807, 2.05) is 0 Å². The zero-order valence-corrected chi connectivity index (χ0v) is 11.0. The van der Waals surface area contributed by atoms with Gasteiger partial charge in [0.25, 0.3) is 0 Å². The summed E-state index contributed by atoms with van der Waals surface area (Å²) in [6, 6.07) is 4.53. The SMILES string of the molecule is O=C(CCC1CCCO1)c1cccc(F)c1Br. The lowest BCUT2D eigenvalue weighted by Crippen LogP contribution is -2.09. The molecule has 1 aromatic rings. The Morgan fingerprint density at radius 3 is 3.06 bits per heavy atom. The average Bonchev–Trinajstić information content (AvgIpc) is 2.82. The first-order chi connectivity index (χ1) is 8.18. The molecule has 92 valence electrons. The van der Waals surface area contributed by atoms with Crippen LogP contribution in [-0.2, 0) is 4.74 Å². The average molecular weight is 301 g/mol. The predicted molar refractivity (Wildman–Crippen MR) is 66.6 cm³/mol. The third-order valence-electron chi connectivity index (χ3n) is 2.97. The maximum Gasteiger partial charge on any atom is 0.164 e. The Morgan fingerprint density at radius 1 is 1.53 bits per heavy atom. The van der Waals surface area contributed by atoms with Crippen LogP contribution in [0.3, 0.4) is 0 Å². The second-order valence-electron chi connectivity index (χ2n) is 4.20. The van der Waals surface area contributed by atoms with E-state index < -0.39 is 5.82 Å². The van der Waals surface area contributed by atoms with Crippen LogP contribution in [0, 0.1) is 5.82 Å². The molecule has 0 N–H and O–H groups in total. The summed E-state index contributed by atoms with van der Waals surface area (Å²) in [4.78, 5) is 11.9. The lowest BCUT2D eigenvalue weighted by atomic mass is 10.0. The molecule has 2 nitrogen and oxygen atoms in total. The first kappa shape index (κ1) is 12.7. The van der Waals surface area contributed by atoms with E-state index in [0.717, 1.165) is 25.9 Å². The number of ketones is 1. The summed E-state index contributed by atoms with van der Waals surface area (Å²) < 4.78 is 19.0. The van der Waals surface area contributed by atoms with Crippen LogP contribution in [0.2, 0.25) is 0 Å². The lowest BCUT2D eigenvalue weighted by molar-refractivity contribution is 0.0858. The molecular weight excluding hydrogens is 287 g/mol. The number of hydrogen-bond donors (Lipinski definition) is 0. The van der Waals surface area contributed by atoms with Gasteiger partial charge in [0, 0.05) is 18.6 Å². The first-order valence-electron chi connectivity index (χ1n) is 5.77. The number of carbonyl (C=O) groups excluding carboxylic acids is 1. The van der Waals surface area contributed by atoms with Gasteiger partial charge in [-0.1, -0.05) is 12.1 Å². The standard InChI is InChI=1S/C13H14BrFO2/c14-13-10(4-1-5-11(13)15)12(16)7-6-9-3-2-8-17-9/h1,4-5,9H,2-3,6-8H2. The second kappa shape index (κ2) is 5.74. The fourth-order valence-corrected chi connectivity index (χ4v) is 2.50. The fourth-order valence-electron chi connectivity index (χ4n) is 2.02. The van der Waals surface area contributed by atoms with Crippen molar-refractivity contribution in [2.45, 2.75) is 31.8 Å². The summed E-state index contributed by atoms with van der Waals surface area (Å²) >= 11 is 3.11. The van der Waals surface area contributed by atoms with Gasteiger partial charge in [-0.15, -0.1) is 0 Å². The van der Waals surface area contributed by atoms with E-state index in [1.165, 1.54) is 6.07 Å². The molecule has 1 aliphatic rings. The van der Waals surface area contributed by atoms with Crippen LogP contribution in [0.4, 0.5) is 4.39 Å². The minimum absolute atomic E-state index is 0.0353. The van der Waals surface area contributed by atoms with Gasteiger partial charge in [0.05, 0.1) is 10.6 Å². The van der Waals surface area contributed by atoms with Gasteiger partial charge >= 0.3 is 0 Å². The molecule has 1 fully saturated rings. The monoisotopic (exact) mass is 300 g/mol. The van der Waals surface area contributed by atoms with Gasteiger partial charge in [0.1, 0.15) is 5.82 Å². The smallest absolute Gasteiger partial charge is 0.164 e. The molecule has 0 radical (unpaired) electrons. The first-order valence-corrected chi connectivity index (χ1v) is 6.56. The summed E-state index contributed by atoms with van der Waals surface area (Å²) in [6.45, 7) is 0.794. The van der Waals surface area contributed by atoms with Gasteiger partial charge in [-0.05, 0) is 41.3 Å². The Labute approximate surface area is 108 Å². The Bertz CT molecular complexity index is 414. The van der Waals surface area contributed by atoms with Crippen molar-refractivity contribution in [2.24, 2.45) is 0 Å². The van der Waals surface area contributed by atoms with Gasteiger partial charge in [-0.25, -0.2) is 4.39 Å². The number of carbonyl (C=O) groups is 1. The summed E-state index contributed by atoms with van der Waals surface area (Å²) in [7, 11) is 0. The van der Waals surface area contributed by atoms with Crippen molar-refractivity contribution in [3.8, 4) is 0 Å².